The lowest BCUT2D eigenvalue weighted by molar-refractivity contribution is -0.118. The van der Waals surface area contributed by atoms with Crippen molar-refractivity contribution in [2.24, 2.45) is 0 Å². The Labute approximate surface area is 155 Å². The number of carbonyl (C=O) groups excluding carboxylic acids is 2. The van der Waals surface area contributed by atoms with Crippen LogP contribution in [0.4, 0.5) is 11.4 Å². The van der Waals surface area contributed by atoms with Crippen LogP contribution in [0, 0.1) is 0 Å². The largest absolute Gasteiger partial charge is 0.312 e. The zero-order valence-electron chi connectivity index (χ0n) is 15.6. The van der Waals surface area contributed by atoms with Gasteiger partial charge in [-0.25, -0.2) is 0 Å². The topological polar surface area (TPSA) is 40.6 Å². The zero-order valence-corrected chi connectivity index (χ0v) is 15.6. The molecule has 1 aliphatic heterocycles. The molecule has 0 atom stereocenters. The molecule has 0 bridgehead atoms. The highest BCUT2D eigenvalue weighted by atomic mass is 16.2. The van der Waals surface area contributed by atoms with E-state index in [1.54, 1.807) is 11.8 Å². The lowest BCUT2D eigenvalue weighted by Crippen LogP contribution is -2.38. The first-order valence-corrected chi connectivity index (χ1v) is 9.35. The first-order valence-electron chi connectivity index (χ1n) is 9.35. The van der Waals surface area contributed by atoms with E-state index in [0.717, 1.165) is 37.2 Å². The third-order valence-corrected chi connectivity index (χ3v) is 5.00. The fourth-order valence-corrected chi connectivity index (χ4v) is 3.52. The van der Waals surface area contributed by atoms with Gasteiger partial charge in [0.25, 0.3) is 0 Å². The summed E-state index contributed by atoms with van der Waals surface area (Å²) in [6, 6.07) is 16.1. The highest BCUT2D eigenvalue weighted by Crippen LogP contribution is 2.27. The first kappa shape index (κ1) is 18.2. The Kier molecular flexibility index (Phi) is 5.71. The number of nitrogens with zero attached hydrogens (tertiary/aromatic N) is 2. The molecule has 26 heavy (non-hydrogen) atoms. The van der Waals surface area contributed by atoms with Crippen molar-refractivity contribution in [3.05, 3.63) is 59.7 Å². The summed E-state index contributed by atoms with van der Waals surface area (Å²) in [6.45, 7) is 4.81. The molecule has 136 valence electrons. The molecule has 0 saturated carbocycles. The van der Waals surface area contributed by atoms with Crippen LogP contribution in [0.3, 0.4) is 0 Å². The highest BCUT2D eigenvalue weighted by molar-refractivity contribution is 5.96. The van der Waals surface area contributed by atoms with Gasteiger partial charge >= 0.3 is 0 Å². The van der Waals surface area contributed by atoms with Crippen LogP contribution in [0.1, 0.15) is 37.8 Å². The molecule has 4 heteroatoms. The van der Waals surface area contributed by atoms with E-state index in [9.17, 15) is 9.59 Å². The van der Waals surface area contributed by atoms with Gasteiger partial charge < -0.3 is 9.80 Å². The lowest BCUT2D eigenvalue weighted by atomic mass is 10.0. The summed E-state index contributed by atoms with van der Waals surface area (Å²) in [6.07, 6.45) is 3.29. The minimum absolute atomic E-state index is 0.0407. The molecule has 0 saturated heterocycles. The maximum absolute atomic E-state index is 12.8. The molecular formula is C22H26N2O2. The summed E-state index contributed by atoms with van der Waals surface area (Å²) in [5, 5.41) is 0. The van der Waals surface area contributed by atoms with E-state index in [2.05, 4.69) is 13.0 Å². The van der Waals surface area contributed by atoms with Crippen molar-refractivity contribution in [1.29, 1.82) is 0 Å². The van der Waals surface area contributed by atoms with Crippen LogP contribution in [0.5, 0.6) is 0 Å². The van der Waals surface area contributed by atoms with Gasteiger partial charge in [-0.1, -0.05) is 37.3 Å². The predicted octanol–water partition coefficient (Wildman–Crippen LogP) is 3.97. The number of fused-ring (bicyclic) bond motifs is 1. The van der Waals surface area contributed by atoms with Crippen LogP contribution >= 0.6 is 0 Å². The molecule has 2 aromatic rings. The number of carbonyl (C=O) groups is 2. The van der Waals surface area contributed by atoms with Crippen molar-refractivity contribution in [3.8, 4) is 0 Å². The van der Waals surface area contributed by atoms with Crippen molar-refractivity contribution in [2.75, 3.05) is 22.9 Å². The van der Waals surface area contributed by atoms with Gasteiger partial charge in [0.15, 0.2) is 0 Å². The van der Waals surface area contributed by atoms with Gasteiger partial charge in [0.2, 0.25) is 11.8 Å². The molecule has 0 radical (unpaired) electrons. The molecule has 2 amide bonds. The second-order valence-electron chi connectivity index (χ2n) is 6.72. The maximum atomic E-state index is 12.8. The fourth-order valence-electron chi connectivity index (χ4n) is 3.52. The SMILES string of the molecule is CCc1ccc(N(CCC(=O)N2CCCc3ccccc32)C(C)=O)cc1. The molecule has 0 fully saturated rings. The number of anilines is 2. The molecule has 1 aliphatic rings. The summed E-state index contributed by atoms with van der Waals surface area (Å²) < 4.78 is 0. The summed E-state index contributed by atoms with van der Waals surface area (Å²) >= 11 is 0. The van der Waals surface area contributed by atoms with E-state index >= 15 is 0 Å². The third-order valence-electron chi connectivity index (χ3n) is 5.00. The van der Waals surface area contributed by atoms with Crippen LogP contribution in [0.25, 0.3) is 0 Å². The monoisotopic (exact) mass is 350 g/mol. The van der Waals surface area contributed by atoms with Gasteiger partial charge in [0.05, 0.1) is 0 Å². The van der Waals surface area contributed by atoms with Crippen LogP contribution in [-0.2, 0) is 22.4 Å². The van der Waals surface area contributed by atoms with Crippen molar-refractivity contribution < 1.29 is 9.59 Å². The number of rotatable bonds is 5. The molecule has 2 aromatic carbocycles. The van der Waals surface area contributed by atoms with Crippen molar-refractivity contribution in [3.63, 3.8) is 0 Å². The lowest BCUT2D eigenvalue weighted by Gasteiger charge is -2.30. The molecule has 0 N–H and O–H groups in total. The van der Waals surface area contributed by atoms with Crippen molar-refractivity contribution in [1.82, 2.24) is 0 Å². The normalized spacial score (nSPS) is 13.2. The molecule has 3 rings (SSSR count). The molecule has 0 aromatic heterocycles. The first-order chi connectivity index (χ1) is 12.6. The van der Waals surface area contributed by atoms with E-state index in [4.69, 9.17) is 0 Å². The minimum Gasteiger partial charge on any atom is -0.312 e. The summed E-state index contributed by atoms with van der Waals surface area (Å²) in [4.78, 5) is 28.5. The fraction of sp³-hybridized carbons (Fsp3) is 0.364. The molecular weight excluding hydrogens is 324 g/mol. The highest BCUT2D eigenvalue weighted by Gasteiger charge is 2.23. The number of hydrogen-bond donors (Lipinski definition) is 0. The van der Waals surface area contributed by atoms with E-state index in [1.807, 2.05) is 47.4 Å². The maximum Gasteiger partial charge on any atom is 0.228 e. The van der Waals surface area contributed by atoms with Gasteiger partial charge in [-0.05, 0) is 48.6 Å². The quantitative estimate of drug-likeness (QED) is 0.819. The van der Waals surface area contributed by atoms with Crippen molar-refractivity contribution in [2.45, 2.75) is 39.5 Å². The smallest absolute Gasteiger partial charge is 0.228 e. The van der Waals surface area contributed by atoms with Crippen LogP contribution in [0.15, 0.2) is 48.5 Å². The number of amides is 2. The van der Waals surface area contributed by atoms with Gasteiger partial charge in [0, 0.05) is 37.8 Å². The number of benzene rings is 2. The van der Waals surface area contributed by atoms with E-state index in [1.165, 1.54) is 11.1 Å². The molecule has 0 unspecified atom stereocenters. The zero-order chi connectivity index (χ0) is 18.5. The van der Waals surface area contributed by atoms with E-state index < -0.39 is 0 Å². The number of aryl methyl sites for hydroxylation is 2. The van der Waals surface area contributed by atoms with Gasteiger partial charge in [0.1, 0.15) is 0 Å². The predicted molar refractivity (Wildman–Crippen MR) is 106 cm³/mol. The summed E-state index contributed by atoms with van der Waals surface area (Å²) in [7, 11) is 0. The number of para-hydroxylation sites is 1. The minimum atomic E-state index is -0.0407. The Morgan fingerprint density at radius 2 is 1.81 bits per heavy atom. The van der Waals surface area contributed by atoms with Gasteiger partial charge in [-0.2, -0.15) is 0 Å². The second kappa shape index (κ2) is 8.17. The third kappa shape index (κ3) is 3.96. The molecule has 0 spiro atoms. The second-order valence-corrected chi connectivity index (χ2v) is 6.72. The van der Waals surface area contributed by atoms with Crippen molar-refractivity contribution >= 4 is 23.2 Å². The van der Waals surface area contributed by atoms with Crippen LogP contribution < -0.4 is 9.80 Å². The van der Waals surface area contributed by atoms with E-state index in [0.29, 0.717) is 13.0 Å². The average Bonchev–Trinajstić information content (AvgIpc) is 2.67. The molecule has 1 heterocycles. The summed E-state index contributed by atoms with van der Waals surface area (Å²) in [5.41, 5.74) is 4.33. The number of hydrogen-bond acceptors (Lipinski definition) is 2. The Balaban J connectivity index is 1.70. The summed E-state index contributed by atoms with van der Waals surface area (Å²) in [5.74, 6) is 0.0367. The van der Waals surface area contributed by atoms with Gasteiger partial charge in [-0.15, -0.1) is 0 Å². The molecule has 0 aliphatic carbocycles. The molecule has 4 nitrogen and oxygen atoms in total. The Morgan fingerprint density at radius 3 is 2.50 bits per heavy atom. The average molecular weight is 350 g/mol. The van der Waals surface area contributed by atoms with Crippen LogP contribution in [0.2, 0.25) is 0 Å². The standard InChI is InChI=1S/C22H26N2O2/c1-3-18-10-12-20(13-11-18)23(17(2)25)16-14-22(26)24-15-6-8-19-7-4-5-9-21(19)24/h4-5,7,9-13H,3,6,8,14-16H2,1-2H3. The van der Waals surface area contributed by atoms with Gasteiger partial charge in [-0.3, -0.25) is 9.59 Å². The Bertz CT molecular complexity index is 783. The Morgan fingerprint density at radius 1 is 1.08 bits per heavy atom. The van der Waals surface area contributed by atoms with E-state index in [-0.39, 0.29) is 11.8 Å². The Hall–Kier alpha value is -2.62. The van der Waals surface area contributed by atoms with Crippen LogP contribution in [-0.4, -0.2) is 24.9 Å².